The third-order valence-electron chi connectivity index (χ3n) is 5.21. The van der Waals surface area contributed by atoms with Crippen LogP contribution in [0.25, 0.3) is 22.2 Å². The van der Waals surface area contributed by atoms with Gasteiger partial charge in [0.2, 0.25) is 0 Å². The van der Waals surface area contributed by atoms with Crippen LogP contribution < -0.4 is 10.3 Å². The molecule has 3 heterocycles. The molecular formula is C24H20N6O2. The van der Waals surface area contributed by atoms with Gasteiger partial charge in [0.25, 0.3) is 5.56 Å². The summed E-state index contributed by atoms with van der Waals surface area (Å²) in [5.74, 6) is 0.807. The lowest BCUT2D eigenvalue weighted by Crippen LogP contribution is -2.21. The van der Waals surface area contributed by atoms with Crippen LogP contribution in [-0.2, 0) is 13.1 Å². The zero-order valence-electron chi connectivity index (χ0n) is 17.4. The number of hydrogen-bond donors (Lipinski definition) is 0. The number of pyridine rings is 1. The fourth-order valence-corrected chi connectivity index (χ4v) is 3.53. The lowest BCUT2D eigenvalue weighted by atomic mass is 10.1. The molecule has 0 aliphatic rings. The Hall–Kier alpha value is -4.33. The highest BCUT2D eigenvalue weighted by Crippen LogP contribution is 2.20. The van der Waals surface area contributed by atoms with Crippen LogP contribution in [-0.4, -0.2) is 36.6 Å². The molecule has 3 aromatic heterocycles. The minimum Gasteiger partial charge on any atom is -0.497 e. The Bertz CT molecular complexity index is 1420. The minimum absolute atomic E-state index is 0.162. The first-order valence-electron chi connectivity index (χ1n) is 10.1. The van der Waals surface area contributed by atoms with E-state index in [2.05, 4.69) is 20.3 Å². The number of nitrogens with zero attached hydrogens (tertiary/aromatic N) is 6. The van der Waals surface area contributed by atoms with Crippen molar-refractivity contribution in [3.05, 3.63) is 101 Å². The number of rotatable bonds is 6. The largest absolute Gasteiger partial charge is 0.497 e. The van der Waals surface area contributed by atoms with Crippen molar-refractivity contribution >= 4 is 11.0 Å². The number of ether oxygens (including phenoxy) is 1. The van der Waals surface area contributed by atoms with Crippen LogP contribution in [0.5, 0.6) is 5.75 Å². The zero-order chi connectivity index (χ0) is 21.9. The van der Waals surface area contributed by atoms with Gasteiger partial charge in [0.05, 0.1) is 31.8 Å². The van der Waals surface area contributed by atoms with Crippen molar-refractivity contribution in [3.63, 3.8) is 0 Å². The predicted molar refractivity (Wildman–Crippen MR) is 120 cm³/mol. The van der Waals surface area contributed by atoms with E-state index in [-0.39, 0.29) is 12.1 Å². The summed E-state index contributed by atoms with van der Waals surface area (Å²) in [6.07, 6.45) is 5.07. The van der Waals surface area contributed by atoms with Crippen LogP contribution >= 0.6 is 0 Å². The van der Waals surface area contributed by atoms with Gasteiger partial charge < -0.3 is 4.74 Å². The Morgan fingerprint density at radius 1 is 0.938 bits per heavy atom. The number of fused-ring (bicyclic) bond motifs is 1. The summed E-state index contributed by atoms with van der Waals surface area (Å²) in [5, 5.41) is 8.87. The molecule has 0 bridgehead atoms. The van der Waals surface area contributed by atoms with E-state index in [0.717, 1.165) is 22.4 Å². The van der Waals surface area contributed by atoms with Crippen LogP contribution in [0.4, 0.5) is 0 Å². The maximum Gasteiger partial charge on any atom is 0.263 e. The van der Waals surface area contributed by atoms with E-state index in [1.165, 1.54) is 10.9 Å². The van der Waals surface area contributed by atoms with Crippen molar-refractivity contribution in [1.82, 2.24) is 29.5 Å². The van der Waals surface area contributed by atoms with Gasteiger partial charge in [-0.2, -0.15) is 0 Å². The molecule has 0 aliphatic heterocycles. The van der Waals surface area contributed by atoms with E-state index in [1.54, 1.807) is 18.0 Å². The number of aromatic nitrogens is 6. The smallest absolute Gasteiger partial charge is 0.263 e. The van der Waals surface area contributed by atoms with Crippen molar-refractivity contribution in [2.75, 3.05) is 7.11 Å². The maximum atomic E-state index is 13.1. The summed E-state index contributed by atoms with van der Waals surface area (Å²) in [6.45, 7) is 0.853. The first kappa shape index (κ1) is 19.6. The van der Waals surface area contributed by atoms with Gasteiger partial charge in [0, 0.05) is 11.8 Å². The molecular weight excluding hydrogens is 404 g/mol. The Balaban J connectivity index is 1.39. The zero-order valence-corrected chi connectivity index (χ0v) is 17.4. The highest BCUT2D eigenvalue weighted by molar-refractivity contribution is 5.79. The van der Waals surface area contributed by atoms with Crippen LogP contribution in [0.15, 0.2) is 84.2 Å². The number of hydrogen-bond acceptors (Lipinski definition) is 6. The lowest BCUT2D eigenvalue weighted by Gasteiger charge is -2.06. The number of benzene rings is 2. The molecule has 0 saturated heterocycles. The molecule has 0 radical (unpaired) electrons. The number of methoxy groups -OCH3 is 1. The molecule has 5 aromatic rings. The summed E-state index contributed by atoms with van der Waals surface area (Å²) in [6, 6.07) is 19.4. The van der Waals surface area contributed by atoms with Gasteiger partial charge in [0.15, 0.2) is 5.65 Å². The lowest BCUT2D eigenvalue weighted by molar-refractivity contribution is 0.414. The van der Waals surface area contributed by atoms with E-state index >= 15 is 0 Å². The second kappa shape index (κ2) is 8.43. The van der Waals surface area contributed by atoms with Gasteiger partial charge in [0.1, 0.15) is 17.8 Å². The highest BCUT2D eigenvalue weighted by atomic mass is 16.5. The Kier molecular flexibility index (Phi) is 5.17. The van der Waals surface area contributed by atoms with Gasteiger partial charge in [-0.25, -0.2) is 14.6 Å². The van der Waals surface area contributed by atoms with E-state index in [0.29, 0.717) is 23.3 Å². The quantitative estimate of drug-likeness (QED) is 0.416. The van der Waals surface area contributed by atoms with Gasteiger partial charge >= 0.3 is 0 Å². The van der Waals surface area contributed by atoms with Crippen LogP contribution in [0.2, 0.25) is 0 Å². The van der Waals surface area contributed by atoms with Crippen molar-refractivity contribution in [1.29, 1.82) is 0 Å². The van der Waals surface area contributed by atoms with Crippen LogP contribution in [0.3, 0.4) is 0 Å². The first-order chi connectivity index (χ1) is 15.7. The minimum atomic E-state index is -0.162. The summed E-state index contributed by atoms with van der Waals surface area (Å²) < 4.78 is 8.46. The molecule has 0 spiro atoms. The summed E-state index contributed by atoms with van der Waals surface area (Å²) in [7, 11) is 1.64. The first-order valence-corrected chi connectivity index (χ1v) is 10.1. The highest BCUT2D eigenvalue weighted by Gasteiger charge is 2.10. The Labute approximate surface area is 183 Å². The van der Waals surface area contributed by atoms with Gasteiger partial charge in [-0.3, -0.25) is 9.36 Å². The van der Waals surface area contributed by atoms with Crippen LogP contribution in [0.1, 0.15) is 11.3 Å². The molecule has 158 valence electrons. The molecule has 0 unspecified atom stereocenters. The maximum absolute atomic E-state index is 13.1. The van der Waals surface area contributed by atoms with Crippen molar-refractivity contribution in [2.24, 2.45) is 0 Å². The van der Waals surface area contributed by atoms with Gasteiger partial charge in [-0.1, -0.05) is 47.7 Å². The second-order valence-electron chi connectivity index (χ2n) is 7.39. The molecule has 5 rings (SSSR count). The second-order valence-corrected chi connectivity index (χ2v) is 7.39. The third kappa shape index (κ3) is 3.98. The third-order valence-corrected chi connectivity index (χ3v) is 5.21. The summed E-state index contributed by atoms with van der Waals surface area (Å²) >= 11 is 0. The molecule has 2 aromatic carbocycles. The van der Waals surface area contributed by atoms with E-state index in [4.69, 9.17) is 4.74 Å². The average Bonchev–Trinajstić information content (AvgIpc) is 3.28. The van der Waals surface area contributed by atoms with Crippen molar-refractivity contribution in [3.8, 4) is 16.9 Å². The molecule has 0 aliphatic carbocycles. The van der Waals surface area contributed by atoms with E-state index in [1.807, 2.05) is 66.9 Å². The predicted octanol–water partition coefficient (Wildman–Crippen LogP) is 3.16. The molecule has 0 saturated carbocycles. The molecule has 0 atom stereocenters. The van der Waals surface area contributed by atoms with Gasteiger partial charge in [-0.05, 0) is 29.3 Å². The van der Waals surface area contributed by atoms with Gasteiger partial charge in [-0.15, -0.1) is 5.10 Å². The SMILES string of the molecule is COc1ccc(Cn2cc(Cn3cnc4ncc(-c5ccccc5)cc4c3=O)nn2)cc1. The molecule has 0 N–H and O–H groups in total. The topological polar surface area (TPSA) is 87.7 Å². The standard InChI is InChI=1S/C24H20N6O2/c1-32-21-9-7-17(8-10-21)13-30-15-20(27-28-30)14-29-16-26-23-22(24(29)31)11-19(12-25-23)18-5-3-2-4-6-18/h2-12,15-16H,13-14H2,1H3. The molecule has 0 fully saturated rings. The normalized spacial score (nSPS) is 11.0. The monoisotopic (exact) mass is 424 g/mol. The molecule has 8 heteroatoms. The van der Waals surface area contributed by atoms with Crippen LogP contribution in [0, 0.1) is 0 Å². The fourth-order valence-electron chi connectivity index (χ4n) is 3.53. The molecule has 0 amide bonds. The Morgan fingerprint density at radius 3 is 2.53 bits per heavy atom. The summed E-state index contributed by atoms with van der Waals surface area (Å²) in [4.78, 5) is 21.8. The summed E-state index contributed by atoms with van der Waals surface area (Å²) in [5.41, 5.74) is 3.89. The molecule has 32 heavy (non-hydrogen) atoms. The van der Waals surface area contributed by atoms with E-state index in [9.17, 15) is 4.79 Å². The van der Waals surface area contributed by atoms with Crippen molar-refractivity contribution in [2.45, 2.75) is 13.1 Å². The average molecular weight is 424 g/mol. The Morgan fingerprint density at radius 2 is 1.75 bits per heavy atom. The fraction of sp³-hybridized carbons (Fsp3) is 0.125. The van der Waals surface area contributed by atoms with Crippen molar-refractivity contribution < 1.29 is 4.74 Å². The molecule has 8 nitrogen and oxygen atoms in total. The van der Waals surface area contributed by atoms with E-state index < -0.39 is 0 Å².